The molecule has 1 aromatic rings. The minimum Gasteiger partial charge on any atom is -0.480 e. The van der Waals surface area contributed by atoms with Crippen LogP contribution in [0.3, 0.4) is 0 Å². The summed E-state index contributed by atoms with van der Waals surface area (Å²) in [5, 5.41) is 11.5. The van der Waals surface area contributed by atoms with Crippen molar-refractivity contribution in [1.82, 2.24) is 5.32 Å². The van der Waals surface area contributed by atoms with Crippen LogP contribution in [0.15, 0.2) is 30.3 Å². The quantitative estimate of drug-likeness (QED) is 0.830. The first-order chi connectivity index (χ1) is 7.98. The second-order valence-corrected chi connectivity index (χ2v) is 3.92. The molecule has 1 rings (SSSR count). The first kappa shape index (κ1) is 13.0. The monoisotopic (exact) mass is 237 g/mol. The van der Waals surface area contributed by atoms with Crippen LogP contribution in [0, 0.1) is 0 Å². The van der Waals surface area contributed by atoms with Crippen LogP contribution in [0.25, 0.3) is 0 Å². The van der Waals surface area contributed by atoms with Gasteiger partial charge in [0.1, 0.15) is 5.54 Å². The molecule has 92 valence electrons. The third-order valence-electron chi connectivity index (χ3n) is 2.44. The minimum absolute atomic E-state index is 0.193. The molecule has 0 spiro atoms. The molecule has 0 heterocycles. The number of hydrogen-bond acceptors (Lipinski definition) is 3. The number of methoxy groups -OCH3 is 1. The smallest absolute Gasteiger partial charge is 0.407 e. The van der Waals surface area contributed by atoms with Crippen molar-refractivity contribution in [2.75, 3.05) is 7.11 Å². The number of hydrogen-bond donors (Lipinski definition) is 2. The summed E-state index contributed by atoms with van der Waals surface area (Å²) in [7, 11) is 1.19. The van der Waals surface area contributed by atoms with Crippen LogP contribution in [0.2, 0.25) is 0 Å². The molecule has 5 nitrogen and oxygen atoms in total. The maximum absolute atomic E-state index is 11.2. The van der Waals surface area contributed by atoms with Gasteiger partial charge in [-0.1, -0.05) is 30.3 Å². The maximum atomic E-state index is 11.2. The molecular weight excluding hydrogens is 222 g/mol. The fourth-order valence-electron chi connectivity index (χ4n) is 1.45. The molecule has 1 atom stereocenters. The van der Waals surface area contributed by atoms with Crippen LogP contribution in [0.5, 0.6) is 0 Å². The Morgan fingerprint density at radius 3 is 2.41 bits per heavy atom. The molecule has 0 saturated heterocycles. The predicted molar refractivity (Wildman–Crippen MR) is 61.7 cm³/mol. The van der Waals surface area contributed by atoms with Gasteiger partial charge in [0.15, 0.2) is 0 Å². The average molecular weight is 237 g/mol. The molecule has 0 aliphatic carbocycles. The molecule has 0 fully saturated rings. The Morgan fingerprint density at radius 2 is 1.94 bits per heavy atom. The van der Waals surface area contributed by atoms with Gasteiger partial charge in [-0.05, 0) is 12.5 Å². The summed E-state index contributed by atoms with van der Waals surface area (Å²) in [6.07, 6.45) is -0.566. The Balaban J connectivity index is 2.86. The van der Waals surface area contributed by atoms with Gasteiger partial charge < -0.3 is 15.2 Å². The van der Waals surface area contributed by atoms with Gasteiger partial charge >= 0.3 is 12.1 Å². The van der Waals surface area contributed by atoms with Crippen molar-refractivity contribution < 1.29 is 19.4 Å². The summed E-state index contributed by atoms with van der Waals surface area (Å²) < 4.78 is 4.42. The summed E-state index contributed by atoms with van der Waals surface area (Å²) in [5.74, 6) is -1.10. The molecule has 0 radical (unpaired) electrons. The lowest BCUT2D eigenvalue weighted by atomic mass is 9.93. The number of carboxylic acids is 1. The highest BCUT2D eigenvalue weighted by Gasteiger charge is 2.35. The molecular formula is C12H15NO4. The summed E-state index contributed by atoms with van der Waals surface area (Å²) in [5.41, 5.74) is -0.553. The highest BCUT2D eigenvalue weighted by atomic mass is 16.5. The van der Waals surface area contributed by atoms with Gasteiger partial charge in [0, 0.05) is 6.42 Å². The lowest BCUT2D eigenvalue weighted by Crippen LogP contribution is -2.53. The van der Waals surface area contributed by atoms with Crippen molar-refractivity contribution >= 4 is 12.1 Å². The van der Waals surface area contributed by atoms with E-state index in [1.54, 1.807) is 12.1 Å². The van der Waals surface area contributed by atoms with Crippen molar-refractivity contribution in [3.8, 4) is 0 Å². The number of aliphatic carboxylic acids is 1. The number of ether oxygens (including phenoxy) is 1. The molecule has 1 aromatic carbocycles. The molecule has 0 bridgehead atoms. The van der Waals surface area contributed by atoms with Gasteiger partial charge in [-0.25, -0.2) is 9.59 Å². The van der Waals surface area contributed by atoms with E-state index in [4.69, 9.17) is 5.11 Å². The number of amides is 1. The van der Waals surface area contributed by atoms with Crippen molar-refractivity contribution in [3.63, 3.8) is 0 Å². The van der Waals surface area contributed by atoms with Crippen molar-refractivity contribution in [2.45, 2.75) is 18.9 Å². The number of benzene rings is 1. The van der Waals surface area contributed by atoms with Crippen LogP contribution in [0.1, 0.15) is 12.5 Å². The van der Waals surface area contributed by atoms with E-state index in [2.05, 4.69) is 10.1 Å². The van der Waals surface area contributed by atoms with Gasteiger partial charge in [-0.2, -0.15) is 0 Å². The Labute approximate surface area is 99.4 Å². The second-order valence-electron chi connectivity index (χ2n) is 3.92. The zero-order valence-electron chi connectivity index (χ0n) is 9.77. The molecule has 0 aliphatic heterocycles. The molecule has 0 aliphatic rings. The van der Waals surface area contributed by atoms with E-state index in [0.29, 0.717) is 0 Å². The summed E-state index contributed by atoms with van der Waals surface area (Å²) in [6.45, 7) is 1.44. The van der Waals surface area contributed by atoms with E-state index in [9.17, 15) is 9.59 Å². The number of carbonyl (C=O) groups is 2. The molecule has 17 heavy (non-hydrogen) atoms. The first-order valence-electron chi connectivity index (χ1n) is 5.11. The first-order valence-corrected chi connectivity index (χ1v) is 5.11. The SMILES string of the molecule is COC(=O)N[C@](C)(Cc1ccccc1)C(=O)O. The zero-order chi connectivity index (χ0) is 12.9. The third kappa shape index (κ3) is 3.48. The van der Waals surface area contributed by atoms with Gasteiger partial charge in [-0.3, -0.25) is 0 Å². The van der Waals surface area contributed by atoms with Gasteiger partial charge in [0.2, 0.25) is 0 Å². The zero-order valence-corrected chi connectivity index (χ0v) is 9.77. The predicted octanol–water partition coefficient (Wildman–Crippen LogP) is 1.43. The van der Waals surface area contributed by atoms with E-state index in [1.807, 2.05) is 18.2 Å². The summed E-state index contributed by atoms with van der Waals surface area (Å²) >= 11 is 0. The Bertz CT molecular complexity index is 404. The Morgan fingerprint density at radius 1 is 1.35 bits per heavy atom. The number of carbonyl (C=O) groups excluding carboxylic acids is 1. The highest BCUT2D eigenvalue weighted by molar-refractivity contribution is 5.84. The van der Waals surface area contributed by atoms with Crippen LogP contribution < -0.4 is 5.32 Å². The summed E-state index contributed by atoms with van der Waals surface area (Å²) in [4.78, 5) is 22.3. The molecule has 5 heteroatoms. The minimum atomic E-state index is -1.38. The van der Waals surface area contributed by atoms with E-state index in [-0.39, 0.29) is 6.42 Å². The number of carboxylic acid groups (broad SMARTS) is 1. The van der Waals surface area contributed by atoms with E-state index < -0.39 is 17.6 Å². The normalized spacial score (nSPS) is 13.5. The van der Waals surface area contributed by atoms with Gasteiger partial charge in [0.05, 0.1) is 7.11 Å². The summed E-state index contributed by atoms with van der Waals surface area (Å²) in [6, 6.07) is 9.08. The highest BCUT2D eigenvalue weighted by Crippen LogP contribution is 2.13. The largest absolute Gasteiger partial charge is 0.480 e. The maximum Gasteiger partial charge on any atom is 0.407 e. The van der Waals surface area contributed by atoms with Gasteiger partial charge in [-0.15, -0.1) is 0 Å². The third-order valence-corrected chi connectivity index (χ3v) is 2.44. The lowest BCUT2D eigenvalue weighted by Gasteiger charge is -2.25. The van der Waals surface area contributed by atoms with E-state index in [0.717, 1.165) is 5.56 Å². The molecule has 0 aromatic heterocycles. The lowest BCUT2D eigenvalue weighted by molar-refractivity contribution is -0.143. The van der Waals surface area contributed by atoms with Crippen LogP contribution in [-0.2, 0) is 16.0 Å². The van der Waals surface area contributed by atoms with Crippen molar-refractivity contribution in [2.24, 2.45) is 0 Å². The molecule has 0 saturated carbocycles. The van der Waals surface area contributed by atoms with Gasteiger partial charge in [0.25, 0.3) is 0 Å². The number of nitrogens with one attached hydrogen (secondary N) is 1. The fraction of sp³-hybridized carbons (Fsp3) is 0.333. The van der Waals surface area contributed by atoms with Crippen LogP contribution in [-0.4, -0.2) is 29.8 Å². The van der Waals surface area contributed by atoms with Crippen molar-refractivity contribution in [3.05, 3.63) is 35.9 Å². The van der Waals surface area contributed by atoms with Crippen molar-refractivity contribution in [1.29, 1.82) is 0 Å². The Hall–Kier alpha value is -2.04. The molecule has 0 unspecified atom stereocenters. The van der Waals surface area contributed by atoms with Crippen LogP contribution >= 0.6 is 0 Å². The topological polar surface area (TPSA) is 75.6 Å². The average Bonchev–Trinajstić information content (AvgIpc) is 2.29. The second kappa shape index (κ2) is 5.34. The molecule has 1 amide bonds. The number of rotatable bonds is 4. The fourth-order valence-corrected chi connectivity index (χ4v) is 1.45. The Kier molecular flexibility index (Phi) is 4.09. The molecule has 2 N–H and O–H groups in total. The standard InChI is InChI=1S/C12H15NO4/c1-12(10(14)15,13-11(16)17-2)8-9-6-4-3-5-7-9/h3-7H,8H2,1-2H3,(H,13,16)(H,14,15)/t12-/m1/s1. The van der Waals surface area contributed by atoms with E-state index >= 15 is 0 Å². The number of alkyl carbamates (subject to hydrolysis) is 1. The van der Waals surface area contributed by atoms with Crippen LogP contribution in [0.4, 0.5) is 4.79 Å². The van der Waals surface area contributed by atoms with E-state index in [1.165, 1.54) is 14.0 Å².